The molecule has 0 saturated carbocycles. The highest BCUT2D eigenvalue weighted by Crippen LogP contribution is 2.25. The van der Waals surface area contributed by atoms with Gasteiger partial charge in [0.1, 0.15) is 12.1 Å². The van der Waals surface area contributed by atoms with Gasteiger partial charge in [-0.25, -0.2) is 4.98 Å². The molecule has 4 heteroatoms. The molecule has 0 bridgehead atoms. The van der Waals surface area contributed by atoms with Crippen molar-refractivity contribution in [2.45, 2.75) is 38.7 Å². The van der Waals surface area contributed by atoms with Gasteiger partial charge in [0, 0.05) is 12.4 Å². The van der Waals surface area contributed by atoms with Gasteiger partial charge in [-0.3, -0.25) is 9.36 Å². The molecule has 1 aromatic carbocycles. The van der Waals surface area contributed by atoms with Crippen molar-refractivity contribution in [2.75, 3.05) is 0 Å². The van der Waals surface area contributed by atoms with E-state index in [1.807, 2.05) is 6.07 Å². The first-order valence-electron chi connectivity index (χ1n) is 7.04. The predicted octanol–water partition coefficient (Wildman–Crippen LogP) is 2.87. The van der Waals surface area contributed by atoms with Crippen LogP contribution in [0.1, 0.15) is 35.7 Å². The van der Waals surface area contributed by atoms with Crippen LogP contribution in [0.4, 0.5) is 0 Å². The molecule has 4 nitrogen and oxygen atoms in total. The highest BCUT2D eigenvalue weighted by atomic mass is 16.5. The second-order valence-corrected chi connectivity index (χ2v) is 5.21. The molecule has 1 aliphatic rings. The average Bonchev–Trinajstić information content (AvgIpc) is 3.00. The number of nitrogens with zero attached hydrogens (tertiary/aromatic N) is 2. The van der Waals surface area contributed by atoms with Crippen LogP contribution < -0.4 is 4.74 Å². The lowest BCUT2D eigenvalue weighted by Gasteiger charge is -2.18. The first kappa shape index (κ1) is 12.9. The third-order valence-electron chi connectivity index (χ3n) is 3.74. The van der Waals surface area contributed by atoms with Gasteiger partial charge in [-0.05, 0) is 55.9 Å². The first-order chi connectivity index (χ1) is 9.74. The summed E-state index contributed by atoms with van der Waals surface area (Å²) in [5.74, 6) is 0.659. The Balaban J connectivity index is 1.72. The molecule has 0 N–H and O–H groups in total. The minimum atomic E-state index is -0.522. The standard InChI is InChI=1S/C16H18N2O2/c1-12(16(19)18-9-8-17-11-18)20-15-7-6-13-4-2-3-5-14(13)10-15/h6-12H,2-5H2,1H3. The van der Waals surface area contributed by atoms with Crippen molar-refractivity contribution < 1.29 is 9.53 Å². The van der Waals surface area contributed by atoms with E-state index in [4.69, 9.17) is 4.74 Å². The summed E-state index contributed by atoms with van der Waals surface area (Å²) in [7, 11) is 0. The van der Waals surface area contributed by atoms with Crippen LogP contribution in [0.15, 0.2) is 36.9 Å². The summed E-state index contributed by atoms with van der Waals surface area (Å²) in [4.78, 5) is 16.0. The van der Waals surface area contributed by atoms with Gasteiger partial charge in [0.25, 0.3) is 5.91 Å². The fourth-order valence-corrected chi connectivity index (χ4v) is 2.64. The molecule has 1 aromatic heterocycles. The van der Waals surface area contributed by atoms with Gasteiger partial charge in [0.05, 0.1) is 0 Å². The van der Waals surface area contributed by atoms with Gasteiger partial charge in [-0.15, -0.1) is 0 Å². The number of fused-ring (bicyclic) bond motifs is 1. The molecule has 3 rings (SSSR count). The van der Waals surface area contributed by atoms with Gasteiger partial charge in [-0.1, -0.05) is 6.07 Å². The number of rotatable bonds is 3. The average molecular weight is 270 g/mol. The molecule has 104 valence electrons. The SMILES string of the molecule is CC(Oc1ccc2c(c1)CCCC2)C(=O)n1ccnc1. The van der Waals surface area contributed by atoms with E-state index in [0.717, 1.165) is 18.6 Å². The van der Waals surface area contributed by atoms with E-state index < -0.39 is 6.10 Å². The maximum absolute atomic E-state index is 12.1. The molecule has 1 aliphatic carbocycles. The molecule has 1 unspecified atom stereocenters. The summed E-state index contributed by atoms with van der Waals surface area (Å²) in [6.45, 7) is 1.77. The molecule has 0 aliphatic heterocycles. The molecule has 1 atom stereocenters. The highest BCUT2D eigenvalue weighted by molar-refractivity contribution is 5.83. The van der Waals surface area contributed by atoms with Gasteiger partial charge < -0.3 is 4.74 Å². The van der Waals surface area contributed by atoms with Crippen LogP contribution >= 0.6 is 0 Å². The Labute approximate surface area is 118 Å². The van der Waals surface area contributed by atoms with Crippen LogP contribution in [0.25, 0.3) is 0 Å². The Morgan fingerprint density at radius 3 is 2.85 bits per heavy atom. The van der Waals surface area contributed by atoms with Crippen molar-refractivity contribution in [3.63, 3.8) is 0 Å². The molecule has 0 amide bonds. The van der Waals surface area contributed by atoms with Crippen LogP contribution in [0.5, 0.6) is 5.75 Å². The second-order valence-electron chi connectivity index (χ2n) is 5.21. The fraction of sp³-hybridized carbons (Fsp3) is 0.375. The summed E-state index contributed by atoms with van der Waals surface area (Å²) in [5.41, 5.74) is 2.77. The lowest BCUT2D eigenvalue weighted by Crippen LogP contribution is -2.28. The molecular weight excluding hydrogens is 252 g/mol. The van der Waals surface area contributed by atoms with Gasteiger partial charge >= 0.3 is 0 Å². The Hall–Kier alpha value is -2.10. The van der Waals surface area contributed by atoms with E-state index in [2.05, 4.69) is 17.1 Å². The number of imidazole rings is 1. The minimum absolute atomic E-state index is 0.111. The molecule has 0 saturated heterocycles. The summed E-state index contributed by atoms with van der Waals surface area (Å²) >= 11 is 0. The molecule has 2 aromatic rings. The zero-order valence-corrected chi connectivity index (χ0v) is 11.6. The number of carbonyl (C=O) groups excluding carboxylic acids is 1. The maximum atomic E-state index is 12.1. The molecule has 0 fully saturated rings. The minimum Gasteiger partial charge on any atom is -0.481 e. The second kappa shape index (κ2) is 5.49. The lowest BCUT2D eigenvalue weighted by molar-refractivity contribution is 0.0727. The highest BCUT2D eigenvalue weighted by Gasteiger charge is 2.17. The summed E-state index contributed by atoms with van der Waals surface area (Å²) < 4.78 is 7.22. The quantitative estimate of drug-likeness (QED) is 0.861. The Kier molecular flexibility index (Phi) is 3.54. The molecular formula is C16H18N2O2. The molecule has 1 heterocycles. The maximum Gasteiger partial charge on any atom is 0.272 e. The first-order valence-corrected chi connectivity index (χ1v) is 7.04. The Morgan fingerprint density at radius 1 is 1.30 bits per heavy atom. The number of aromatic nitrogens is 2. The van der Waals surface area contributed by atoms with Gasteiger partial charge in [0.15, 0.2) is 6.10 Å². The number of ether oxygens (including phenoxy) is 1. The smallest absolute Gasteiger partial charge is 0.272 e. The monoisotopic (exact) mass is 270 g/mol. The Bertz CT molecular complexity index is 605. The normalized spacial score (nSPS) is 15.4. The topological polar surface area (TPSA) is 44.1 Å². The number of carbonyl (C=O) groups is 1. The van der Waals surface area contributed by atoms with Crippen LogP contribution in [-0.2, 0) is 12.8 Å². The van der Waals surface area contributed by atoms with Gasteiger partial charge in [-0.2, -0.15) is 0 Å². The van der Waals surface area contributed by atoms with E-state index in [0.29, 0.717) is 0 Å². The zero-order chi connectivity index (χ0) is 13.9. The van der Waals surface area contributed by atoms with E-state index in [1.54, 1.807) is 19.3 Å². The number of benzene rings is 1. The number of hydrogen-bond donors (Lipinski definition) is 0. The molecule has 0 spiro atoms. The van der Waals surface area contributed by atoms with Crippen molar-refractivity contribution in [3.05, 3.63) is 48.0 Å². The van der Waals surface area contributed by atoms with Crippen molar-refractivity contribution in [3.8, 4) is 5.75 Å². The van der Waals surface area contributed by atoms with E-state index in [1.165, 1.54) is 34.9 Å². The number of hydrogen-bond acceptors (Lipinski definition) is 3. The fourth-order valence-electron chi connectivity index (χ4n) is 2.64. The number of aryl methyl sites for hydroxylation is 2. The lowest BCUT2D eigenvalue weighted by atomic mass is 9.92. The zero-order valence-electron chi connectivity index (χ0n) is 11.6. The van der Waals surface area contributed by atoms with Crippen molar-refractivity contribution in [1.82, 2.24) is 9.55 Å². The summed E-state index contributed by atoms with van der Waals surface area (Å²) in [5, 5.41) is 0. The summed E-state index contributed by atoms with van der Waals surface area (Å²) in [6.07, 6.45) is 8.96. The van der Waals surface area contributed by atoms with Crippen molar-refractivity contribution in [2.24, 2.45) is 0 Å². The van der Waals surface area contributed by atoms with E-state index in [-0.39, 0.29) is 5.91 Å². The van der Waals surface area contributed by atoms with E-state index >= 15 is 0 Å². The third-order valence-corrected chi connectivity index (χ3v) is 3.74. The third kappa shape index (κ3) is 2.59. The van der Waals surface area contributed by atoms with Crippen LogP contribution in [0, 0.1) is 0 Å². The summed E-state index contributed by atoms with van der Waals surface area (Å²) in [6, 6.07) is 6.16. The van der Waals surface area contributed by atoms with Gasteiger partial charge in [0.2, 0.25) is 0 Å². The Morgan fingerprint density at radius 2 is 2.10 bits per heavy atom. The van der Waals surface area contributed by atoms with Crippen molar-refractivity contribution >= 4 is 5.91 Å². The van der Waals surface area contributed by atoms with E-state index in [9.17, 15) is 4.79 Å². The van der Waals surface area contributed by atoms with Crippen molar-refractivity contribution in [1.29, 1.82) is 0 Å². The van der Waals surface area contributed by atoms with Crippen LogP contribution in [-0.4, -0.2) is 21.6 Å². The predicted molar refractivity (Wildman–Crippen MR) is 76.0 cm³/mol. The molecule has 0 radical (unpaired) electrons. The van der Waals surface area contributed by atoms with Crippen LogP contribution in [0.2, 0.25) is 0 Å². The molecule has 20 heavy (non-hydrogen) atoms. The largest absolute Gasteiger partial charge is 0.481 e. The van der Waals surface area contributed by atoms with Crippen LogP contribution in [0.3, 0.4) is 0 Å².